The fourth-order valence-corrected chi connectivity index (χ4v) is 3.05. The first kappa shape index (κ1) is 15.9. The number of hydrogen-bond donors (Lipinski definition) is 1. The van der Waals surface area contributed by atoms with Crippen LogP contribution in [0.1, 0.15) is 43.7 Å². The second kappa shape index (κ2) is 8.07. The normalized spacial score (nSPS) is 18.9. The summed E-state index contributed by atoms with van der Waals surface area (Å²) in [5, 5.41) is 8.87. The Labute approximate surface area is 127 Å². The van der Waals surface area contributed by atoms with Crippen molar-refractivity contribution in [3.63, 3.8) is 0 Å². The Morgan fingerprint density at radius 3 is 2.95 bits per heavy atom. The lowest BCUT2D eigenvalue weighted by atomic mass is 9.99. The topological polar surface area (TPSA) is 32.7 Å². The van der Waals surface area contributed by atoms with E-state index in [9.17, 15) is 0 Å². The van der Waals surface area contributed by atoms with Crippen molar-refractivity contribution >= 4 is 0 Å². The molecule has 0 bridgehead atoms. The minimum Gasteiger partial charge on any atom is -0.495 e. The standard InChI is InChI=1S/C18H25NO2/c1-3-17-8-4-5-11-19(17)14-15-9-10-18(21-2)16(13-15)7-6-12-20/h9-10,13,17,20H,3-5,8,11-12,14H2,1-2H3. The third-order valence-electron chi connectivity index (χ3n) is 4.17. The van der Waals surface area contributed by atoms with Gasteiger partial charge in [0.25, 0.3) is 0 Å². The number of rotatable bonds is 4. The highest BCUT2D eigenvalue weighted by molar-refractivity contribution is 5.48. The minimum atomic E-state index is -0.128. The maximum Gasteiger partial charge on any atom is 0.134 e. The predicted molar refractivity (Wildman–Crippen MR) is 85.3 cm³/mol. The molecular weight excluding hydrogens is 262 g/mol. The van der Waals surface area contributed by atoms with E-state index in [0.29, 0.717) is 6.04 Å². The summed E-state index contributed by atoms with van der Waals surface area (Å²) in [4.78, 5) is 2.58. The van der Waals surface area contributed by atoms with Crippen LogP contribution in [0.25, 0.3) is 0 Å². The molecule has 3 nitrogen and oxygen atoms in total. The third kappa shape index (κ3) is 4.23. The van der Waals surface area contributed by atoms with Gasteiger partial charge in [-0.05, 0) is 43.5 Å². The number of nitrogens with zero attached hydrogens (tertiary/aromatic N) is 1. The van der Waals surface area contributed by atoms with Crippen LogP contribution in [0.2, 0.25) is 0 Å². The van der Waals surface area contributed by atoms with Crippen LogP contribution in [0.3, 0.4) is 0 Å². The molecule has 2 rings (SSSR count). The van der Waals surface area contributed by atoms with E-state index in [4.69, 9.17) is 9.84 Å². The van der Waals surface area contributed by atoms with Gasteiger partial charge in [-0.25, -0.2) is 0 Å². The summed E-state index contributed by atoms with van der Waals surface area (Å²) < 4.78 is 5.33. The van der Waals surface area contributed by atoms with Gasteiger partial charge in [-0.15, -0.1) is 0 Å². The summed E-state index contributed by atoms with van der Waals surface area (Å²) in [5.74, 6) is 6.44. The molecule has 1 fully saturated rings. The van der Waals surface area contributed by atoms with E-state index in [1.807, 2.05) is 6.07 Å². The first-order chi connectivity index (χ1) is 10.3. The highest BCUT2D eigenvalue weighted by Crippen LogP contribution is 2.24. The second-order valence-corrected chi connectivity index (χ2v) is 5.52. The van der Waals surface area contributed by atoms with E-state index in [2.05, 4.69) is 35.8 Å². The van der Waals surface area contributed by atoms with Crippen LogP contribution in [-0.4, -0.2) is 36.3 Å². The molecule has 1 unspecified atom stereocenters. The highest BCUT2D eigenvalue weighted by atomic mass is 16.5. The Kier molecular flexibility index (Phi) is 6.10. The zero-order chi connectivity index (χ0) is 15.1. The number of likely N-dealkylation sites (tertiary alicyclic amines) is 1. The van der Waals surface area contributed by atoms with Gasteiger partial charge in [0.2, 0.25) is 0 Å². The van der Waals surface area contributed by atoms with Gasteiger partial charge < -0.3 is 9.84 Å². The number of aliphatic hydroxyl groups excluding tert-OH is 1. The quantitative estimate of drug-likeness (QED) is 0.864. The fourth-order valence-electron chi connectivity index (χ4n) is 3.05. The third-order valence-corrected chi connectivity index (χ3v) is 4.17. The van der Waals surface area contributed by atoms with Crippen molar-refractivity contribution in [2.75, 3.05) is 20.3 Å². The Hall–Kier alpha value is -1.50. The number of methoxy groups -OCH3 is 1. The lowest BCUT2D eigenvalue weighted by molar-refractivity contribution is 0.136. The molecule has 1 atom stereocenters. The molecule has 1 aromatic carbocycles. The van der Waals surface area contributed by atoms with Crippen molar-refractivity contribution in [2.45, 2.75) is 45.2 Å². The lowest BCUT2D eigenvalue weighted by Crippen LogP contribution is -2.38. The Bertz CT molecular complexity index is 516. The molecule has 1 heterocycles. The summed E-state index contributed by atoms with van der Waals surface area (Å²) in [6.07, 6.45) is 5.17. The van der Waals surface area contributed by atoms with Crippen molar-refractivity contribution in [1.29, 1.82) is 0 Å². The van der Waals surface area contributed by atoms with E-state index >= 15 is 0 Å². The molecule has 0 aromatic heterocycles. The van der Waals surface area contributed by atoms with Crippen molar-refractivity contribution < 1.29 is 9.84 Å². The summed E-state index contributed by atoms with van der Waals surface area (Å²) in [6, 6.07) is 6.88. The number of ether oxygens (including phenoxy) is 1. The van der Waals surface area contributed by atoms with E-state index in [1.54, 1.807) is 7.11 Å². The van der Waals surface area contributed by atoms with E-state index in [1.165, 1.54) is 37.8 Å². The lowest BCUT2D eigenvalue weighted by Gasteiger charge is -2.35. The summed E-state index contributed by atoms with van der Waals surface area (Å²) >= 11 is 0. The number of hydrogen-bond acceptors (Lipinski definition) is 3. The molecular formula is C18H25NO2. The molecule has 21 heavy (non-hydrogen) atoms. The van der Waals surface area contributed by atoms with Crippen LogP contribution in [0.5, 0.6) is 5.75 Å². The minimum absolute atomic E-state index is 0.128. The molecule has 1 aliphatic heterocycles. The number of benzene rings is 1. The molecule has 1 N–H and O–H groups in total. The number of aliphatic hydroxyl groups is 1. The largest absolute Gasteiger partial charge is 0.495 e. The molecule has 3 heteroatoms. The Morgan fingerprint density at radius 2 is 2.24 bits per heavy atom. The van der Waals surface area contributed by atoms with E-state index in [0.717, 1.165) is 17.9 Å². The van der Waals surface area contributed by atoms with Gasteiger partial charge in [-0.3, -0.25) is 4.90 Å². The average Bonchev–Trinajstić information content (AvgIpc) is 2.53. The molecule has 0 aliphatic carbocycles. The van der Waals surface area contributed by atoms with Crippen LogP contribution < -0.4 is 4.74 Å². The number of piperidine rings is 1. The fraction of sp³-hybridized carbons (Fsp3) is 0.556. The summed E-state index contributed by atoms with van der Waals surface area (Å²) in [5.41, 5.74) is 2.12. The SMILES string of the molecule is CCC1CCCCN1Cc1ccc(OC)c(C#CCO)c1. The van der Waals surface area contributed by atoms with Crippen LogP contribution in [0, 0.1) is 11.8 Å². The van der Waals surface area contributed by atoms with Crippen LogP contribution >= 0.6 is 0 Å². The van der Waals surface area contributed by atoms with Gasteiger partial charge in [0.1, 0.15) is 12.4 Å². The maximum absolute atomic E-state index is 8.87. The average molecular weight is 287 g/mol. The predicted octanol–water partition coefficient (Wildman–Crippen LogP) is 2.80. The van der Waals surface area contributed by atoms with Crippen molar-refractivity contribution in [1.82, 2.24) is 4.90 Å². The zero-order valence-electron chi connectivity index (χ0n) is 13.1. The van der Waals surface area contributed by atoms with Crippen LogP contribution in [0.15, 0.2) is 18.2 Å². The van der Waals surface area contributed by atoms with Gasteiger partial charge in [-0.2, -0.15) is 0 Å². The summed E-state index contributed by atoms with van der Waals surface area (Å²) in [6.45, 7) is 4.30. The van der Waals surface area contributed by atoms with Crippen LogP contribution in [-0.2, 0) is 6.54 Å². The first-order valence-corrected chi connectivity index (χ1v) is 7.79. The van der Waals surface area contributed by atoms with Gasteiger partial charge in [0, 0.05) is 12.6 Å². The van der Waals surface area contributed by atoms with E-state index < -0.39 is 0 Å². The molecule has 1 saturated heterocycles. The molecule has 0 saturated carbocycles. The second-order valence-electron chi connectivity index (χ2n) is 5.52. The summed E-state index contributed by atoms with van der Waals surface area (Å²) in [7, 11) is 1.65. The highest BCUT2D eigenvalue weighted by Gasteiger charge is 2.20. The molecule has 0 amide bonds. The molecule has 114 valence electrons. The van der Waals surface area contributed by atoms with Crippen molar-refractivity contribution in [3.8, 4) is 17.6 Å². The Morgan fingerprint density at radius 1 is 1.38 bits per heavy atom. The maximum atomic E-state index is 8.87. The molecule has 0 radical (unpaired) electrons. The van der Waals surface area contributed by atoms with Gasteiger partial charge >= 0.3 is 0 Å². The monoisotopic (exact) mass is 287 g/mol. The van der Waals surface area contributed by atoms with Crippen LogP contribution in [0.4, 0.5) is 0 Å². The first-order valence-electron chi connectivity index (χ1n) is 7.79. The molecule has 1 aliphatic rings. The zero-order valence-corrected chi connectivity index (χ0v) is 13.1. The van der Waals surface area contributed by atoms with Crippen molar-refractivity contribution in [2.24, 2.45) is 0 Å². The van der Waals surface area contributed by atoms with Gasteiger partial charge in [0.05, 0.1) is 12.7 Å². The van der Waals surface area contributed by atoms with Crippen molar-refractivity contribution in [3.05, 3.63) is 29.3 Å². The smallest absolute Gasteiger partial charge is 0.134 e. The Balaban J connectivity index is 2.16. The van der Waals surface area contributed by atoms with Gasteiger partial charge in [0.15, 0.2) is 0 Å². The molecule has 0 spiro atoms. The van der Waals surface area contributed by atoms with E-state index in [-0.39, 0.29) is 6.61 Å². The van der Waals surface area contributed by atoms with Gasteiger partial charge in [-0.1, -0.05) is 31.3 Å². The molecule has 1 aromatic rings.